The number of rotatable bonds is 13. The van der Waals surface area contributed by atoms with E-state index in [4.69, 9.17) is 9.47 Å². The van der Waals surface area contributed by atoms with E-state index in [2.05, 4.69) is 38.1 Å². The van der Waals surface area contributed by atoms with Crippen molar-refractivity contribution in [2.75, 3.05) is 6.26 Å². The largest absolute Gasteiger partial charge is 0.481 e. The molecule has 0 radical (unpaired) electrons. The molecule has 3 N–H and O–H groups in total. The van der Waals surface area contributed by atoms with Crippen molar-refractivity contribution >= 4 is 51.9 Å². The third-order valence-corrected chi connectivity index (χ3v) is 5.25. The molecule has 2 unspecified atom stereocenters. The number of hydrogen-bond donors (Lipinski definition) is 3. The van der Waals surface area contributed by atoms with Crippen LogP contribution in [-0.4, -0.2) is 64.6 Å². The van der Waals surface area contributed by atoms with Gasteiger partial charge in [0.05, 0.1) is 12.5 Å². The van der Waals surface area contributed by atoms with Gasteiger partial charge in [-0.05, 0) is 90.0 Å². The van der Waals surface area contributed by atoms with Crippen LogP contribution < -0.4 is 5.32 Å². The predicted molar refractivity (Wildman–Crippen MR) is 155 cm³/mol. The molecule has 0 aromatic heterocycles. The fourth-order valence-electron chi connectivity index (χ4n) is 3.19. The van der Waals surface area contributed by atoms with E-state index in [1.807, 2.05) is 20.1 Å². The minimum absolute atomic E-state index is 0.272. The molecule has 3 atom stereocenters. The molecular formula is C27H41BrN2O7S. The Hall–Kier alpha value is -2.29. The summed E-state index contributed by atoms with van der Waals surface area (Å²) in [6, 6.07) is -0.665. The molecule has 0 heterocycles. The Morgan fingerprint density at radius 2 is 1.84 bits per heavy atom. The van der Waals surface area contributed by atoms with E-state index in [1.54, 1.807) is 46.1 Å². The van der Waals surface area contributed by atoms with Crippen LogP contribution in [0.25, 0.3) is 0 Å². The third kappa shape index (κ3) is 19.8. The minimum atomic E-state index is -1.05. The number of alkyl carbamates (subject to hydrolysis) is 1. The number of nitrogens with one attached hydrogen (secondary N) is 1. The van der Waals surface area contributed by atoms with Crippen molar-refractivity contribution < 1.29 is 34.1 Å². The molecule has 0 aromatic rings. The van der Waals surface area contributed by atoms with Gasteiger partial charge < -0.3 is 25.0 Å². The summed E-state index contributed by atoms with van der Waals surface area (Å²) in [6.45, 7) is 12.3. The second-order valence-electron chi connectivity index (χ2n) is 10.4. The van der Waals surface area contributed by atoms with Gasteiger partial charge in [-0.25, -0.2) is 9.59 Å². The molecule has 0 aliphatic carbocycles. The summed E-state index contributed by atoms with van der Waals surface area (Å²) in [7, 11) is 0. The SMILES string of the molecule is CS/C=C(CC[C@H](CC(=O)O)NC(=O)OC(C)(C)C)\N=C\C(/C=C(\C)Br)OC(=O)C#CC(C)(C)CC(C)O. The van der Waals surface area contributed by atoms with Gasteiger partial charge in [-0.1, -0.05) is 21.9 Å². The highest BCUT2D eigenvalue weighted by molar-refractivity contribution is 9.11. The zero-order valence-corrected chi connectivity index (χ0v) is 25.9. The number of aliphatic hydroxyl groups is 1. The average molecular weight is 618 g/mol. The van der Waals surface area contributed by atoms with Crippen molar-refractivity contribution in [3.05, 3.63) is 21.7 Å². The lowest BCUT2D eigenvalue weighted by molar-refractivity contribution is -0.138. The summed E-state index contributed by atoms with van der Waals surface area (Å²) < 4.78 is 11.4. The Morgan fingerprint density at radius 3 is 2.34 bits per heavy atom. The van der Waals surface area contributed by atoms with Crippen molar-refractivity contribution in [3.63, 3.8) is 0 Å². The number of esters is 1. The van der Waals surface area contributed by atoms with Crippen LogP contribution in [-0.2, 0) is 19.1 Å². The monoisotopic (exact) mass is 616 g/mol. The maximum Gasteiger partial charge on any atom is 0.407 e. The number of allylic oxidation sites excluding steroid dienone is 2. The molecule has 0 aliphatic rings. The Morgan fingerprint density at radius 1 is 1.21 bits per heavy atom. The first-order valence-electron chi connectivity index (χ1n) is 12.2. The van der Waals surface area contributed by atoms with Crippen LogP contribution in [0.1, 0.15) is 74.1 Å². The van der Waals surface area contributed by atoms with E-state index >= 15 is 0 Å². The zero-order chi connectivity index (χ0) is 29.5. The highest BCUT2D eigenvalue weighted by Gasteiger charge is 2.22. The topological polar surface area (TPSA) is 135 Å². The maximum atomic E-state index is 12.4. The van der Waals surface area contributed by atoms with Gasteiger partial charge in [-0.2, -0.15) is 0 Å². The molecule has 0 fully saturated rings. The second-order valence-corrected chi connectivity index (χ2v) is 12.4. The average Bonchev–Trinajstić information content (AvgIpc) is 2.70. The van der Waals surface area contributed by atoms with E-state index in [9.17, 15) is 24.6 Å². The molecule has 0 aromatic carbocycles. The van der Waals surface area contributed by atoms with Crippen LogP contribution in [0, 0.1) is 17.3 Å². The number of aliphatic hydroxyl groups excluding tert-OH is 1. The summed E-state index contributed by atoms with van der Waals surface area (Å²) in [5.41, 5.74) is -0.659. The van der Waals surface area contributed by atoms with Gasteiger partial charge in [-0.15, -0.1) is 11.8 Å². The Bertz CT molecular complexity index is 953. The fourth-order valence-corrected chi connectivity index (χ4v) is 3.90. The van der Waals surface area contributed by atoms with Gasteiger partial charge in [0, 0.05) is 29.3 Å². The molecule has 0 saturated heterocycles. The van der Waals surface area contributed by atoms with Crippen molar-refractivity contribution in [2.45, 2.75) is 98.0 Å². The van der Waals surface area contributed by atoms with Crippen molar-refractivity contribution in [1.29, 1.82) is 0 Å². The zero-order valence-electron chi connectivity index (χ0n) is 23.5. The number of hydrogen-bond acceptors (Lipinski definition) is 8. The second kappa shape index (κ2) is 17.3. The third-order valence-electron chi connectivity index (χ3n) is 4.48. The normalized spacial score (nSPS) is 15.2. The standard InChI is InChI=1S/C27H41BrN2O7S/c1-18(28)13-22(36-24(34)11-12-27(6,7)15-19(2)31)16-29-21(17-38-8)10-9-20(14-23(32)33)30-25(35)37-26(3,4)5/h13,16-17,19-20,22,31H,9-10,14-15H2,1-8H3,(H,30,35)(H,32,33)/b18-13+,21-17-,29-16+/t19?,20-,22?/m1/s1. The highest BCUT2D eigenvalue weighted by atomic mass is 79.9. The minimum Gasteiger partial charge on any atom is -0.481 e. The molecule has 0 saturated carbocycles. The van der Waals surface area contributed by atoms with Gasteiger partial charge in [0.25, 0.3) is 0 Å². The number of aliphatic carboxylic acids is 1. The van der Waals surface area contributed by atoms with Gasteiger partial charge in [-0.3, -0.25) is 9.79 Å². The van der Waals surface area contributed by atoms with Crippen LogP contribution in [0.15, 0.2) is 26.7 Å². The molecule has 0 rings (SSSR count). The number of amides is 1. The number of carbonyl (C=O) groups is 3. The number of carboxylic acids is 1. The van der Waals surface area contributed by atoms with Crippen molar-refractivity contribution in [3.8, 4) is 11.8 Å². The number of ether oxygens (including phenoxy) is 2. The summed E-state index contributed by atoms with van der Waals surface area (Å²) in [5.74, 6) is 3.54. The van der Waals surface area contributed by atoms with Crippen LogP contribution >= 0.6 is 27.7 Å². The molecule has 11 heteroatoms. The predicted octanol–water partition coefficient (Wildman–Crippen LogP) is 5.42. The summed E-state index contributed by atoms with van der Waals surface area (Å²) in [4.78, 5) is 40.3. The molecule has 214 valence electrons. The smallest absolute Gasteiger partial charge is 0.407 e. The molecular weight excluding hydrogens is 576 g/mol. The van der Waals surface area contributed by atoms with Crippen LogP contribution in [0.2, 0.25) is 0 Å². The quantitative estimate of drug-likeness (QED) is 0.108. The number of carboxylic acid groups (broad SMARTS) is 1. The number of aliphatic imine (C=N–C) groups is 1. The molecule has 0 spiro atoms. The Labute approximate surface area is 239 Å². The molecule has 38 heavy (non-hydrogen) atoms. The highest BCUT2D eigenvalue weighted by Crippen LogP contribution is 2.21. The summed E-state index contributed by atoms with van der Waals surface area (Å²) in [5, 5.41) is 23.3. The summed E-state index contributed by atoms with van der Waals surface area (Å²) in [6.07, 6.45) is 3.71. The fraction of sp³-hybridized carbons (Fsp3) is 0.630. The molecule has 0 aliphatic heterocycles. The van der Waals surface area contributed by atoms with E-state index in [-0.39, 0.29) is 6.42 Å². The van der Waals surface area contributed by atoms with Crippen molar-refractivity contribution in [1.82, 2.24) is 5.32 Å². The summed E-state index contributed by atoms with van der Waals surface area (Å²) >= 11 is 4.75. The van der Waals surface area contributed by atoms with E-state index in [0.29, 0.717) is 25.0 Å². The molecule has 9 nitrogen and oxygen atoms in total. The first kappa shape index (κ1) is 35.7. The molecule has 0 bridgehead atoms. The number of carbonyl (C=O) groups excluding carboxylic acids is 2. The first-order chi connectivity index (χ1) is 17.4. The van der Waals surface area contributed by atoms with Crippen LogP contribution in [0.3, 0.4) is 0 Å². The van der Waals surface area contributed by atoms with E-state index in [1.165, 1.54) is 18.0 Å². The first-order valence-corrected chi connectivity index (χ1v) is 14.2. The Kier molecular flexibility index (Phi) is 16.3. The van der Waals surface area contributed by atoms with Gasteiger partial charge in [0.15, 0.2) is 6.10 Å². The maximum absolute atomic E-state index is 12.4. The number of halogens is 1. The van der Waals surface area contributed by atoms with Gasteiger partial charge >= 0.3 is 18.0 Å². The lowest BCUT2D eigenvalue weighted by Crippen LogP contribution is -2.40. The number of nitrogens with zero attached hydrogens (tertiary/aromatic N) is 1. The van der Waals surface area contributed by atoms with Crippen molar-refractivity contribution in [2.24, 2.45) is 10.4 Å². The van der Waals surface area contributed by atoms with Crippen LogP contribution in [0.5, 0.6) is 0 Å². The molecule has 1 amide bonds. The van der Waals surface area contributed by atoms with Crippen LogP contribution in [0.4, 0.5) is 4.79 Å². The van der Waals surface area contributed by atoms with Gasteiger partial charge in [0.1, 0.15) is 5.60 Å². The van der Waals surface area contributed by atoms with E-state index < -0.39 is 47.3 Å². The van der Waals surface area contributed by atoms with Gasteiger partial charge in [0.2, 0.25) is 0 Å². The Balaban J connectivity index is 5.51. The lowest BCUT2D eigenvalue weighted by Gasteiger charge is -2.23. The number of thioether (sulfide) groups is 1. The van der Waals surface area contributed by atoms with E-state index in [0.717, 1.165) is 4.48 Å². The lowest BCUT2D eigenvalue weighted by atomic mass is 9.88.